The smallest absolute Gasteiger partial charge is 0.411 e. The highest BCUT2D eigenvalue weighted by molar-refractivity contribution is 7.08. The SMILES string of the molecule is C=CCOC(=O)Nc1cc(OCCCC)c(OC)cc1C(=O)N1CCC(c2ccsc2)=C[C@H]1CO[Si](C)(C)C(C)(C)C. The lowest BCUT2D eigenvalue weighted by molar-refractivity contribution is 0.0655. The van der Waals surface area contributed by atoms with Gasteiger partial charge in [0.15, 0.2) is 19.8 Å². The first-order chi connectivity index (χ1) is 19.9. The molecule has 0 fully saturated rings. The standard InChI is InChI=1S/C32H46N2O6SSi/c1-9-11-16-38-29-20-27(33-31(36)39-15-10-2)26(19-28(29)37-6)30(35)34-14-12-23(24-13-17-41-22-24)18-25(34)21-40-42(7,8)32(3,4)5/h10,13,17-20,22,25H,2,9,11-12,14-16,21H2,1,3-8H3,(H,33,36)/t25-/m0/s1. The van der Waals surface area contributed by atoms with Crippen LogP contribution in [0.15, 0.2) is 47.7 Å². The van der Waals surface area contributed by atoms with Crippen molar-refractivity contribution in [2.75, 3.05) is 38.8 Å². The van der Waals surface area contributed by atoms with Crippen molar-refractivity contribution in [3.63, 3.8) is 0 Å². The van der Waals surface area contributed by atoms with Gasteiger partial charge in [0.05, 0.1) is 37.6 Å². The molecule has 1 N–H and O–H groups in total. The molecule has 0 spiro atoms. The van der Waals surface area contributed by atoms with E-state index in [9.17, 15) is 9.59 Å². The van der Waals surface area contributed by atoms with E-state index in [0.29, 0.717) is 37.7 Å². The molecule has 42 heavy (non-hydrogen) atoms. The lowest BCUT2D eigenvalue weighted by Gasteiger charge is -2.40. The van der Waals surface area contributed by atoms with Crippen LogP contribution in [0.3, 0.4) is 0 Å². The number of carbonyl (C=O) groups excluding carboxylic acids is 2. The van der Waals surface area contributed by atoms with Crippen LogP contribution in [0.2, 0.25) is 18.1 Å². The fourth-order valence-corrected chi connectivity index (χ4v) is 5.98. The third kappa shape index (κ3) is 8.49. The molecule has 0 saturated carbocycles. The highest BCUT2D eigenvalue weighted by Crippen LogP contribution is 2.39. The summed E-state index contributed by atoms with van der Waals surface area (Å²) in [6.45, 7) is 18.1. The first-order valence-electron chi connectivity index (χ1n) is 14.5. The molecule has 2 aromatic rings. The molecule has 3 rings (SSSR count). The number of carbonyl (C=O) groups is 2. The number of anilines is 1. The average molecular weight is 615 g/mol. The van der Waals surface area contributed by atoms with E-state index in [1.165, 1.54) is 24.3 Å². The summed E-state index contributed by atoms with van der Waals surface area (Å²) in [5.74, 6) is 0.620. The molecule has 0 radical (unpaired) electrons. The van der Waals surface area contributed by atoms with Crippen LogP contribution in [0.1, 0.15) is 62.9 Å². The maximum Gasteiger partial charge on any atom is 0.411 e. The number of benzene rings is 1. The molecule has 0 aliphatic carbocycles. The van der Waals surface area contributed by atoms with E-state index in [1.54, 1.807) is 23.5 Å². The number of nitrogens with zero attached hydrogens (tertiary/aromatic N) is 1. The Labute approximate surface area is 255 Å². The van der Waals surface area contributed by atoms with Crippen LogP contribution in [0.5, 0.6) is 11.5 Å². The van der Waals surface area contributed by atoms with Crippen molar-refractivity contribution >= 4 is 42.9 Å². The Balaban J connectivity index is 2.01. The molecule has 0 bridgehead atoms. The number of thiophene rings is 1. The van der Waals surface area contributed by atoms with Crippen LogP contribution < -0.4 is 14.8 Å². The summed E-state index contributed by atoms with van der Waals surface area (Å²) >= 11 is 1.66. The maximum absolute atomic E-state index is 14.3. The molecule has 1 atom stereocenters. The van der Waals surface area contributed by atoms with Gasteiger partial charge in [0, 0.05) is 12.6 Å². The summed E-state index contributed by atoms with van der Waals surface area (Å²) < 4.78 is 23.4. The minimum Gasteiger partial charge on any atom is -0.493 e. The minimum absolute atomic E-state index is 0.0280. The van der Waals surface area contributed by atoms with E-state index in [4.69, 9.17) is 18.6 Å². The largest absolute Gasteiger partial charge is 0.493 e. The summed E-state index contributed by atoms with van der Waals surface area (Å²) in [5.41, 5.74) is 2.95. The van der Waals surface area contributed by atoms with Crippen LogP contribution in [-0.2, 0) is 9.16 Å². The van der Waals surface area contributed by atoms with E-state index in [-0.39, 0.29) is 34.8 Å². The molecule has 230 valence electrons. The molecule has 1 aliphatic rings. The van der Waals surface area contributed by atoms with Gasteiger partial charge < -0.3 is 23.5 Å². The van der Waals surface area contributed by atoms with E-state index in [2.05, 4.69) is 75.6 Å². The van der Waals surface area contributed by atoms with Gasteiger partial charge in [-0.1, -0.05) is 52.8 Å². The molecule has 0 saturated heterocycles. The molecule has 0 unspecified atom stereocenters. The normalized spacial score (nSPS) is 15.5. The van der Waals surface area contributed by atoms with Crippen LogP contribution in [0, 0.1) is 0 Å². The van der Waals surface area contributed by atoms with E-state index >= 15 is 0 Å². The zero-order valence-electron chi connectivity index (χ0n) is 26.1. The number of unbranched alkanes of at least 4 members (excludes halogenated alkanes) is 1. The molecular formula is C32H46N2O6SSi. The first-order valence-corrected chi connectivity index (χ1v) is 18.3. The molecule has 1 aliphatic heterocycles. The van der Waals surface area contributed by atoms with Crippen molar-refractivity contribution in [2.24, 2.45) is 0 Å². The highest BCUT2D eigenvalue weighted by Gasteiger charge is 2.39. The first kappa shape index (κ1) is 33.4. The zero-order chi connectivity index (χ0) is 30.9. The highest BCUT2D eigenvalue weighted by atomic mass is 32.1. The summed E-state index contributed by atoms with van der Waals surface area (Å²) in [4.78, 5) is 28.8. The molecule has 1 aromatic carbocycles. The Hall–Kier alpha value is -3.08. The Morgan fingerprint density at radius 2 is 2.00 bits per heavy atom. The number of rotatable bonds is 13. The lowest BCUT2D eigenvalue weighted by Crippen LogP contribution is -2.49. The summed E-state index contributed by atoms with van der Waals surface area (Å²) in [6, 6.07) is 5.09. The molecule has 2 amide bonds. The third-order valence-corrected chi connectivity index (χ3v) is 13.0. The summed E-state index contributed by atoms with van der Waals surface area (Å²) in [7, 11) is -0.552. The second kappa shape index (κ2) is 14.9. The van der Waals surface area contributed by atoms with Crippen molar-refractivity contribution in [2.45, 2.75) is 71.1 Å². The Morgan fingerprint density at radius 1 is 1.24 bits per heavy atom. The van der Waals surface area contributed by atoms with Crippen molar-refractivity contribution in [3.8, 4) is 11.5 Å². The van der Waals surface area contributed by atoms with Gasteiger partial charge in [0.25, 0.3) is 5.91 Å². The van der Waals surface area contributed by atoms with E-state index < -0.39 is 14.4 Å². The van der Waals surface area contributed by atoms with Crippen LogP contribution in [0.4, 0.5) is 10.5 Å². The third-order valence-electron chi connectivity index (χ3n) is 7.85. The average Bonchev–Trinajstić information content (AvgIpc) is 3.49. The van der Waals surface area contributed by atoms with Crippen molar-refractivity contribution in [1.29, 1.82) is 0 Å². The predicted molar refractivity (Wildman–Crippen MR) is 173 cm³/mol. The number of nitrogens with one attached hydrogen (secondary N) is 1. The topological polar surface area (TPSA) is 86.3 Å². The molecule has 8 nitrogen and oxygen atoms in total. The van der Waals surface area contributed by atoms with Gasteiger partial charge in [-0.15, -0.1) is 0 Å². The van der Waals surface area contributed by atoms with Gasteiger partial charge >= 0.3 is 6.09 Å². The fourth-order valence-electron chi connectivity index (χ4n) is 4.27. The number of hydrogen-bond donors (Lipinski definition) is 1. The molecule has 1 aromatic heterocycles. The molecular weight excluding hydrogens is 569 g/mol. The van der Waals surface area contributed by atoms with Gasteiger partial charge in [0.2, 0.25) is 0 Å². The van der Waals surface area contributed by atoms with Gasteiger partial charge in [-0.25, -0.2) is 4.79 Å². The van der Waals surface area contributed by atoms with Gasteiger partial charge in [-0.3, -0.25) is 10.1 Å². The van der Waals surface area contributed by atoms with Crippen LogP contribution in [-0.4, -0.2) is 64.7 Å². The number of methoxy groups -OCH3 is 1. The summed E-state index contributed by atoms with van der Waals surface area (Å²) in [6.07, 6.45) is 5.48. The predicted octanol–water partition coefficient (Wildman–Crippen LogP) is 7.99. The molecule has 2 heterocycles. The second-order valence-corrected chi connectivity index (χ2v) is 17.4. The van der Waals surface area contributed by atoms with Gasteiger partial charge in [0.1, 0.15) is 6.61 Å². The van der Waals surface area contributed by atoms with Crippen LogP contribution in [0.25, 0.3) is 5.57 Å². The number of ether oxygens (including phenoxy) is 3. The van der Waals surface area contributed by atoms with Gasteiger partial charge in [-0.05, 0) is 65.0 Å². The van der Waals surface area contributed by atoms with E-state index in [0.717, 1.165) is 12.8 Å². The van der Waals surface area contributed by atoms with Crippen molar-refractivity contribution < 1.29 is 28.2 Å². The molecule has 10 heteroatoms. The van der Waals surface area contributed by atoms with Gasteiger partial charge in [-0.2, -0.15) is 11.3 Å². The second-order valence-electron chi connectivity index (χ2n) is 11.9. The number of hydrogen-bond acceptors (Lipinski definition) is 7. The summed E-state index contributed by atoms with van der Waals surface area (Å²) in [5, 5.41) is 6.96. The Morgan fingerprint density at radius 3 is 2.62 bits per heavy atom. The maximum atomic E-state index is 14.3. The number of amides is 2. The van der Waals surface area contributed by atoms with Crippen molar-refractivity contribution in [3.05, 3.63) is 58.8 Å². The van der Waals surface area contributed by atoms with Crippen LogP contribution >= 0.6 is 11.3 Å². The van der Waals surface area contributed by atoms with E-state index in [1.807, 2.05) is 4.90 Å². The van der Waals surface area contributed by atoms with Crippen molar-refractivity contribution in [1.82, 2.24) is 4.90 Å². The minimum atomic E-state index is -2.09. The monoisotopic (exact) mass is 614 g/mol. The Bertz CT molecular complexity index is 1250. The Kier molecular flexibility index (Phi) is 11.8. The lowest BCUT2D eigenvalue weighted by atomic mass is 9.97. The zero-order valence-corrected chi connectivity index (χ0v) is 27.9. The fraction of sp³-hybridized carbons (Fsp3) is 0.500. The quantitative estimate of drug-likeness (QED) is 0.140.